The van der Waals surface area contributed by atoms with Crippen molar-refractivity contribution in [3.63, 3.8) is 0 Å². The molecule has 38 heavy (non-hydrogen) atoms. The molecule has 0 aromatic heterocycles. The van der Waals surface area contributed by atoms with Crippen molar-refractivity contribution in [3.05, 3.63) is 132 Å². The summed E-state index contributed by atoms with van der Waals surface area (Å²) < 4.78 is 0. The maximum absolute atomic E-state index is 3.71. The summed E-state index contributed by atoms with van der Waals surface area (Å²) in [5, 5.41) is 3.71. The van der Waals surface area contributed by atoms with Gasteiger partial charge in [-0.2, -0.15) is 0 Å². The van der Waals surface area contributed by atoms with Crippen molar-refractivity contribution in [2.24, 2.45) is 0 Å². The van der Waals surface area contributed by atoms with Crippen LogP contribution in [0.15, 0.2) is 115 Å². The Morgan fingerprint density at radius 1 is 0.553 bits per heavy atom. The summed E-state index contributed by atoms with van der Waals surface area (Å²) in [6.07, 6.45) is 0. The monoisotopic (exact) mass is 493 g/mol. The lowest BCUT2D eigenvalue weighted by Gasteiger charge is -2.25. The molecule has 0 saturated carbocycles. The van der Waals surface area contributed by atoms with Gasteiger partial charge in [-0.05, 0) is 68.1 Å². The summed E-state index contributed by atoms with van der Waals surface area (Å²) in [4.78, 5) is 0. The number of hydrogen-bond donors (Lipinski definition) is 1. The zero-order chi connectivity index (χ0) is 26.5. The Hall–Kier alpha value is -4.10. The second-order valence-corrected chi connectivity index (χ2v) is 12.0. The molecule has 0 spiro atoms. The Morgan fingerprint density at radius 2 is 1.21 bits per heavy atom. The molecule has 0 atom stereocenters. The number of rotatable bonds is 4. The first-order valence-electron chi connectivity index (χ1n) is 13.5. The van der Waals surface area contributed by atoms with Gasteiger partial charge in [0, 0.05) is 22.4 Å². The van der Waals surface area contributed by atoms with Crippen LogP contribution in [0.2, 0.25) is 0 Å². The highest BCUT2D eigenvalue weighted by Crippen LogP contribution is 2.53. The van der Waals surface area contributed by atoms with E-state index in [1.807, 2.05) is 0 Å². The second-order valence-electron chi connectivity index (χ2n) is 12.0. The predicted octanol–water partition coefficient (Wildman–Crippen LogP) is 10.4. The first-order valence-corrected chi connectivity index (χ1v) is 13.5. The van der Waals surface area contributed by atoms with Crippen molar-refractivity contribution in [2.75, 3.05) is 5.32 Å². The highest BCUT2D eigenvalue weighted by Gasteiger charge is 2.37. The molecule has 188 valence electrons. The van der Waals surface area contributed by atoms with Crippen LogP contribution in [0.1, 0.15) is 51.3 Å². The van der Waals surface area contributed by atoms with E-state index in [9.17, 15) is 0 Å². The summed E-state index contributed by atoms with van der Waals surface area (Å²) >= 11 is 0. The van der Waals surface area contributed by atoms with Gasteiger partial charge in [0.25, 0.3) is 0 Å². The number of para-hydroxylation sites is 1. The molecule has 1 N–H and O–H groups in total. The Bertz CT molecular complexity index is 1620. The van der Waals surface area contributed by atoms with E-state index in [2.05, 4.69) is 155 Å². The summed E-state index contributed by atoms with van der Waals surface area (Å²) in [5.41, 5.74) is 14.2. The fourth-order valence-corrected chi connectivity index (χ4v) is 5.84. The summed E-state index contributed by atoms with van der Waals surface area (Å²) in [6.45, 7) is 11.6. The fourth-order valence-electron chi connectivity index (χ4n) is 5.84. The van der Waals surface area contributed by atoms with Crippen LogP contribution in [0, 0.1) is 0 Å². The van der Waals surface area contributed by atoms with Gasteiger partial charge in [0.2, 0.25) is 0 Å². The Kier molecular flexibility index (Phi) is 5.76. The molecule has 1 heteroatoms. The van der Waals surface area contributed by atoms with E-state index < -0.39 is 0 Å². The van der Waals surface area contributed by atoms with Gasteiger partial charge in [-0.1, -0.05) is 132 Å². The molecule has 1 aliphatic carbocycles. The van der Waals surface area contributed by atoms with Gasteiger partial charge in [0.1, 0.15) is 0 Å². The molecular formula is C37H35N. The highest BCUT2D eigenvalue weighted by molar-refractivity contribution is 5.96. The largest absolute Gasteiger partial charge is 0.355 e. The maximum atomic E-state index is 3.71. The normalized spacial score (nSPS) is 13.6. The molecule has 0 saturated heterocycles. The lowest BCUT2D eigenvalue weighted by Crippen LogP contribution is -2.17. The van der Waals surface area contributed by atoms with Gasteiger partial charge < -0.3 is 5.32 Å². The van der Waals surface area contributed by atoms with Crippen molar-refractivity contribution in [2.45, 2.75) is 45.4 Å². The van der Waals surface area contributed by atoms with Crippen LogP contribution in [0.4, 0.5) is 11.4 Å². The Labute approximate surface area is 227 Å². The minimum atomic E-state index is -0.0441. The molecule has 0 radical (unpaired) electrons. The summed E-state index contributed by atoms with van der Waals surface area (Å²) in [5.74, 6) is 0. The van der Waals surface area contributed by atoms with E-state index in [-0.39, 0.29) is 10.8 Å². The maximum Gasteiger partial charge on any atom is 0.0464 e. The van der Waals surface area contributed by atoms with Crippen LogP contribution in [0.5, 0.6) is 0 Å². The van der Waals surface area contributed by atoms with Crippen molar-refractivity contribution in [3.8, 4) is 33.4 Å². The van der Waals surface area contributed by atoms with Gasteiger partial charge in [-0.25, -0.2) is 0 Å². The van der Waals surface area contributed by atoms with E-state index in [0.29, 0.717) is 0 Å². The number of nitrogens with one attached hydrogen (secondary N) is 1. The molecule has 0 heterocycles. The number of anilines is 2. The van der Waals surface area contributed by atoms with Gasteiger partial charge in [0.15, 0.2) is 0 Å². The standard InChI is InChI=1S/C37H35N/c1-36(2,3)27-20-23-31-33(24-27)37(4,5)32-16-11-15-30(35(31)32)29-14-9-10-17-34(29)38-28-21-18-26(19-22-28)25-12-7-6-8-13-25/h6-24,38H,1-5H3. The van der Waals surface area contributed by atoms with E-state index in [0.717, 1.165) is 11.4 Å². The SMILES string of the molecule is CC(C)(C)c1ccc2c(c1)C(C)(C)c1cccc(-c3ccccc3Nc3ccc(-c4ccccc4)cc3)c1-2. The molecule has 0 fully saturated rings. The minimum absolute atomic E-state index is 0.0441. The highest BCUT2D eigenvalue weighted by atomic mass is 14.9. The zero-order valence-corrected chi connectivity index (χ0v) is 23.0. The third kappa shape index (κ3) is 4.13. The van der Waals surface area contributed by atoms with E-state index >= 15 is 0 Å². The van der Waals surface area contributed by atoms with E-state index in [1.165, 1.54) is 50.1 Å². The molecule has 5 aromatic rings. The van der Waals surface area contributed by atoms with Crippen LogP contribution in [0.25, 0.3) is 33.4 Å². The quantitative estimate of drug-likeness (QED) is 0.262. The Morgan fingerprint density at radius 3 is 1.95 bits per heavy atom. The number of benzene rings is 5. The van der Waals surface area contributed by atoms with Crippen LogP contribution in [-0.2, 0) is 10.8 Å². The number of fused-ring (bicyclic) bond motifs is 3. The van der Waals surface area contributed by atoms with Crippen molar-refractivity contribution >= 4 is 11.4 Å². The zero-order valence-electron chi connectivity index (χ0n) is 23.0. The van der Waals surface area contributed by atoms with Gasteiger partial charge >= 0.3 is 0 Å². The average molecular weight is 494 g/mol. The molecule has 1 aliphatic rings. The van der Waals surface area contributed by atoms with Gasteiger partial charge in [-0.3, -0.25) is 0 Å². The first kappa shape index (κ1) is 24.2. The van der Waals surface area contributed by atoms with Gasteiger partial charge in [0.05, 0.1) is 0 Å². The topological polar surface area (TPSA) is 12.0 Å². The summed E-state index contributed by atoms with van der Waals surface area (Å²) in [6, 6.07) is 41.8. The molecule has 0 aliphatic heterocycles. The molecule has 6 rings (SSSR count). The predicted molar refractivity (Wildman–Crippen MR) is 163 cm³/mol. The first-order chi connectivity index (χ1) is 18.2. The van der Waals surface area contributed by atoms with Crippen LogP contribution >= 0.6 is 0 Å². The van der Waals surface area contributed by atoms with Gasteiger partial charge in [-0.15, -0.1) is 0 Å². The van der Waals surface area contributed by atoms with E-state index in [4.69, 9.17) is 0 Å². The van der Waals surface area contributed by atoms with Crippen LogP contribution < -0.4 is 5.32 Å². The molecule has 0 bridgehead atoms. The van der Waals surface area contributed by atoms with Crippen molar-refractivity contribution in [1.29, 1.82) is 0 Å². The van der Waals surface area contributed by atoms with Crippen LogP contribution in [0.3, 0.4) is 0 Å². The molecule has 0 amide bonds. The average Bonchev–Trinajstić information content (AvgIpc) is 3.16. The fraction of sp³-hybridized carbons (Fsp3) is 0.189. The summed E-state index contributed by atoms with van der Waals surface area (Å²) in [7, 11) is 0. The van der Waals surface area contributed by atoms with Crippen molar-refractivity contribution in [1.82, 2.24) is 0 Å². The molecule has 1 nitrogen and oxygen atoms in total. The van der Waals surface area contributed by atoms with Crippen LogP contribution in [-0.4, -0.2) is 0 Å². The lowest BCUT2D eigenvalue weighted by atomic mass is 9.79. The second kappa shape index (κ2) is 9.03. The van der Waals surface area contributed by atoms with Crippen molar-refractivity contribution < 1.29 is 0 Å². The molecule has 5 aromatic carbocycles. The third-order valence-electron chi connectivity index (χ3n) is 8.05. The minimum Gasteiger partial charge on any atom is -0.355 e. The lowest BCUT2D eigenvalue weighted by molar-refractivity contribution is 0.584. The number of hydrogen-bond acceptors (Lipinski definition) is 1. The molecular weight excluding hydrogens is 458 g/mol. The molecule has 0 unspecified atom stereocenters. The smallest absolute Gasteiger partial charge is 0.0464 e. The third-order valence-corrected chi connectivity index (χ3v) is 8.05. The Balaban J connectivity index is 1.42. The van der Waals surface area contributed by atoms with E-state index in [1.54, 1.807) is 0 Å².